The Bertz CT molecular complexity index is 131. The molecule has 0 saturated carbocycles. The molecule has 0 aliphatic carbocycles. The summed E-state index contributed by atoms with van der Waals surface area (Å²) < 4.78 is 0. The second kappa shape index (κ2) is 4.58. The Morgan fingerprint density at radius 2 is 1.55 bits per heavy atom. The fourth-order valence-corrected chi connectivity index (χ4v) is 1.25. The molecule has 0 N–H and O–H groups in total. The zero-order chi connectivity index (χ0) is 9.02. The Hall–Kier alpha value is -0.260. The molecule has 0 heteroatoms. The lowest BCUT2D eigenvalue weighted by atomic mass is 9.82. The Morgan fingerprint density at radius 1 is 1.09 bits per heavy atom. The van der Waals surface area contributed by atoms with E-state index in [2.05, 4.69) is 47.6 Å². The van der Waals surface area contributed by atoms with Gasteiger partial charge in [0.2, 0.25) is 0 Å². The highest BCUT2D eigenvalue weighted by molar-refractivity contribution is 5.01. The van der Waals surface area contributed by atoms with Crippen LogP contribution in [0.25, 0.3) is 0 Å². The third kappa shape index (κ3) is 3.09. The fourth-order valence-electron chi connectivity index (χ4n) is 1.25. The first-order valence-corrected chi connectivity index (χ1v) is 4.63. The van der Waals surface area contributed by atoms with Crippen molar-refractivity contribution in [3.63, 3.8) is 0 Å². The van der Waals surface area contributed by atoms with Crippen LogP contribution in [0.2, 0.25) is 0 Å². The molecule has 0 nitrogen and oxygen atoms in total. The van der Waals surface area contributed by atoms with Crippen LogP contribution in [0, 0.1) is 17.8 Å². The molecular formula is C11H22. The summed E-state index contributed by atoms with van der Waals surface area (Å²) in [6.07, 6.45) is 2.23. The van der Waals surface area contributed by atoms with Gasteiger partial charge in [-0.05, 0) is 31.6 Å². The lowest BCUT2D eigenvalue weighted by Gasteiger charge is -2.24. The maximum absolute atomic E-state index is 2.34. The minimum absolute atomic E-state index is 0.736. The second-order valence-electron chi connectivity index (χ2n) is 3.92. The van der Waals surface area contributed by atoms with Crippen molar-refractivity contribution in [3.8, 4) is 0 Å². The van der Waals surface area contributed by atoms with Crippen molar-refractivity contribution in [3.05, 3.63) is 11.6 Å². The Balaban J connectivity index is 4.13. The monoisotopic (exact) mass is 154 g/mol. The average molecular weight is 154 g/mol. The van der Waals surface area contributed by atoms with E-state index in [-0.39, 0.29) is 0 Å². The molecule has 0 aromatic rings. The van der Waals surface area contributed by atoms with Gasteiger partial charge in [-0.1, -0.05) is 39.3 Å². The summed E-state index contributed by atoms with van der Waals surface area (Å²) in [5.74, 6) is 2.33. The van der Waals surface area contributed by atoms with Gasteiger partial charge in [0.15, 0.2) is 0 Å². The van der Waals surface area contributed by atoms with Crippen molar-refractivity contribution in [1.29, 1.82) is 0 Å². The molecule has 0 aromatic carbocycles. The predicted octanol–water partition coefficient (Wildman–Crippen LogP) is 3.88. The van der Waals surface area contributed by atoms with E-state index in [1.807, 2.05) is 0 Å². The van der Waals surface area contributed by atoms with Crippen molar-refractivity contribution in [2.75, 3.05) is 0 Å². The maximum atomic E-state index is 2.34. The summed E-state index contributed by atoms with van der Waals surface area (Å²) in [5, 5.41) is 0. The van der Waals surface area contributed by atoms with Gasteiger partial charge in [-0.25, -0.2) is 0 Å². The first-order chi connectivity index (χ1) is 5.00. The van der Waals surface area contributed by atoms with Gasteiger partial charge in [-0.3, -0.25) is 0 Å². The van der Waals surface area contributed by atoms with Crippen LogP contribution >= 0.6 is 0 Å². The number of hydrogen-bond donors (Lipinski definition) is 0. The standard InChI is InChI=1S/C11H22/c1-7-9(4)11(6)10(5)8(2)3/h7-8,10-11H,1-6H3/b9-7-. The van der Waals surface area contributed by atoms with E-state index in [0.29, 0.717) is 0 Å². The molecule has 0 aliphatic heterocycles. The molecule has 2 atom stereocenters. The quantitative estimate of drug-likeness (QED) is 0.541. The van der Waals surface area contributed by atoms with Gasteiger partial charge < -0.3 is 0 Å². The fraction of sp³-hybridized carbons (Fsp3) is 0.818. The number of rotatable bonds is 3. The largest absolute Gasteiger partial charge is 0.0885 e. The zero-order valence-corrected chi connectivity index (χ0v) is 8.81. The SMILES string of the molecule is C/C=C(/C)C(C)C(C)C(C)C. The van der Waals surface area contributed by atoms with Crippen LogP contribution in [0.4, 0.5) is 0 Å². The van der Waals surface area contributed by atoms with Gasteiger partial charge >= 0.3 is 0 Å². The van der Waals surface area contributed by atoms with E-state index in [1.54, 1.807) is 0 Å². The van der Waals surface area contributed by atoms with E-state index in [0.717, 1.165) is 17.8 Å². The molecule has 0 aliphatic rings. The van der Waals surface area contributed by atoms with E-state index in [1.165, 1.54) is 5.57 Å². The minimum atomic E-state index is 0.736. The molecule has 2 unspecified atom stereocenters. The van der Waals surface area contributed by atoms with Gasteiger partial charge in [-0.15, -0.1) is 0 Å². The lowest BCUT2D eigenvalue weighted by Crippen LogP contribution is -2.14. The van der Waals surface area contributed by atoms with Crippen LogP contribution in [0.15, 0.2) is 11.6 Å². The third-order valence-electron chi connectivity index (χ3n) is 3.01. The van der Waals surface area contributed by atoms with E-state index in [4.69, 9.17) is 0 Å². The van der Waals surface area contributed by atoms with Crippen molar-refractivity contribution in [1.82, 2.24) is 0 Å². The zero-order valence-electron chi connectivity index (χ0n) is 8.81. The van der Waals surface area contributed by atoms with Crippen molar-refractivity contribution < 1.29 is 0 Å². The normalized spacial score (nSPS) is 18.6. The van der Waals surface area contributed by atoms with Crippen LogP contribution in [0.1, 0.15) is 41.5 Å². The Morgan fingerprint density at radius 3 is 1.82 bits per heavy atom. The molecule has 0 bridgehead atoms. The summed E-state index contributed by atoms with van der Waals surface area (Å²) in [5.41, 5.74) is 1.52. The van der Waals surface area contributed by atoms with Gasteiger partial charge in [0.25, 0.3) is 0 Å². The number of hydrogen-bond acceptors (Lipinski definition) is 0. The highest BCUT2D eigenvalue weighted by Gasteiger charge is 2.15. The van der Waals surface area contributed by atoms with Gasteiger partial charge in [-0.2, -0.15) is 0 Å². The van der Waals surface area contributed by atoms with Crippen LogP contribution in [-0.4, -0.2) is 0 Å². The van der Waals surface area contributed by atoms with E-state index >= 15 is 0 Å². The van der Waals surface area contributed by atoms with Crippen LogP contribution in [0.5, 0.6) is 0 Å². The molecule has 0 amide bonds. The first kappa shape index (κ1) is 10.7. The van der Waals surface area contributed by atoms with Gasteiger partial charge in [0.1, 0.15) is 0 Å². The van der Waals surface area contributed by atoms with Crippen LogP contribution in [-0.2, 0) is 0 Å². The summed E-state index contributed by atoms with van der Waals surface area (Å²) in [4.78, 5) is 0. The predicted molar refractivity (Wildman–Crippen MR) is 52.6 cm³/mol. The van der Waals surface area contributed by atoms with Crippen molar-refractivity contribution in [2.24, 2.45) is 17.8 Å². The molecule has 11 heavy (non-hydrogen) atoms. The molecule has 0 fully saturated rings. The van der Waals surface area contributed by atoms with Gasteiger partial charge in [0, 0.05) is 0 Å². The summed E-state index contributed by atoms with van der Waals surface area (Å²) in [6.45, 7) is 13.6. The first-order valence-electron chi connectivity index (χ1n) is 4.63. The highest BCUT2D eigenvalue weighted by atomic mass is 14.2. The summed E-state index contributed by atoms with van der Waals surface area (Å²) in [6, 6.07) is 0. The van der Waals surface area contributed by atoms with Gasteiger partial charge in [0.05, 0.1) is 0 Å². The molecule has 0 radical (unpaired) electrons. The second-order valence-corrected chi connectivity index (χ2v) is 3.92. The van der Waals surface area contributed by atoms with Crippen LogP contribution in [0.3, 0.4) is 0 Å². The minimum Gasteiger partial charge on any atom is -0.0885 e. The smallest absolute Gasteiger partial charge is 0.0206 e. The summed E-state index contributed by atoms with van der Waals surface area (Å²) >= 11 is 0. The Kier molecular flexibility index (Phi) is 4.48. The lowest BCUT2D eigenvalue weighted by molar-refractivity contribution is 0.330. The van der Waals surface area contributed by atoms with Crippen molar-refractivity contribution >= 4 is 0 Å². The average Bonchev–Trinajstić information content (AvgIpc) is 2.00. The summed E-state index contributed by atoms with van der Waals surface area (Å²) in [7, 11) is 0. The van der Waals surface area contributed by atoms with Crippen molar-refractivity contribution in [2.45, 2.75) is 41.5 Å². The maximum Gasteiger partial charge on any atom is -0.0206 e. The van der Waals surface area contributed by atoms with E-state index < -0.39 is 0 Å². The molecule has 0 spiro atoms. The highest BCUT2D eigenvalue weighted by Crippen LogP contribution is 2.25. The third-order valence-corrected chi connectivity index (χ3v) is 3.01. The molecule has 0 heterocycles. The van der Waals surface area contributed by atoms with Crippen LogP contribution < -0.4 is 0 Å². The Labute approximate surface area is 71.7 Å². The van der Waals surface area contributed by atoms with E-state index in [9.17, 15) is 0 Å². The number of allylic oxidation sites excluding steroid dienone is 2. The topological polar surface area (TPSA) is 0 Å². The molecular weight excluding hydrogens is 132 g/mol. The molecule has 0 rings (SSSR count). The molecule has 0 aromatic heterocycles. The molecule has 66 valence electrons. The molecule has 0 saturated heterocycles.